The molecule has 0 radical (unpaired) electrons. The number of hydrogen-bond donors (Lipinski definition) is 1. The SMILES string of the molecule is CC(C)c1ccc2c(c1)CC[C@H]1[C@@](C)(CNc3ccc(-c4ccccc4CN4CCOCC4)cc3[N+](=O)[O-])CCC[C@]21C. The molecule has 1 heterocycles. The molecule has 0 spiro atoms. The molecule has 1 saturated heterocycles. The summed E-state index contributed by atoms with van der Waals surface area (Å²) in [7, 11) is 0. The van der Waals surface area contributed by atoms with E-state index in [1.165, 1.54) is 41.5 Å². The van der Waals surface area contributed by atoms with Crippen molar-refractivity contribution < 1.29 is 9.66 Å². The molecule has 6 nitrogen and oxygen atoms in total. The normalized spacial score (nSPS) is 25.7. The molecule has 6 heteroatoms. The fraction of sp³-hybridized carbons (Fsp3) is 0.514. The highest BCUT2D eigenvalue weighted by molar-refractivity contribution is 5.75. The first kappa shape index (κ1) is 29.8. The minimum absolute atomic E-state index is 0.0543. The molecule has 1 N–H and O–H groups in total. The van der Waals surface area contributed by atoms with Crippen molar-refractivity contribution >= 4 is 11.4 Å². The summed E-state index contributed by atoms with van der Waals surface area (Å²) in [5, 5.41) is 16.0. The van der Waals surface area contributed by atoms with Gasteiger partial charge in [0, 0.05) is 32.2 Å². The second kappa shape index (κ2) is 12.0. The zero-order chi connectivity index (χ0) is 30.2. The van der Waals surface area contributed by atoms with Crippen molar-refractivity contribution in [3.8, 4) is 11.1 Å². The van der Waals surface area contributed by atoms with Crippen LogP contribution < -0.4 is 5.32 Å². The van der Waals surface area contributed by atoms with E-state index in [4.69, 9.17) is 4.74 Å². The van der Waals surface area contributed by atoms with Gasteiger partial charge < -0.3 is 10.1 Å². The van der Waals surface area contributed by atoms with Crippen LogP contribution in [0.2, 0.25) is 0 Å². The Morgan fingerprint density at radius 1 is 1.05 bits per heavy atom. The summed E-state index contributed by atoms with van der Waals surface area (Å²) in [6.07, 6.45) is 5.81. The molecule has 0 unspecified atom stereocenters. The van der Waals surface area contributed by atoms with Crippen molar-refractivity contribution in [2.45, 2.75) is 77.7 Å². The van der Waals surface area contributed by atoms with Crippen LogP contribution in [0.25, 0.3) is 11.1 Å². The number of hydrogen-bond acceptors (Lipinski definition) is 5. The lowest BCUT2D eigenvalue weighted by molar-refractivity contribution is -0.383. The summed E-state index contributed by atoms with van der Waals surface area (Å²) in [5.74, 6) is 1.07. The maximum absolute atomic E-state index is 12.4. The molecule has 228 valence electrons. The quantitative estimate of drug-likeness (QED) is 0.214. The van der Waals surface area contributed by atoms with Gasteiger partial charge in [-0.3, -0.25) is 15.0 Å². The number of fused-ring (bicyclic) bond motifs is 3. The first-order valence-corrected chi connectivity index (χ1v) is 16.2. The van der Waals surface area contributed by atoms with Gasteiger partial charge in [-0.05, 0) is 87.8 Å². The number of benzene rings is 3. The molecule has 3 aliphatic rings. The van der Waals surface area contributed by atoms with Crippen LogP contribution >= 0.6 is 0 Å². The number of nitro benzene ring substituents is 1. The van der Waals surface area contributed by atoms with Crippen molar-refractivity contribution in [1.82, 2.24) is 4.90 Å². The first-order chi connectivity index (χ1) is 20.7. The van der Waals surface area contributed by atoms with Crippen LogP contribution in [0.4, 0.5) is 11.4 Å². The third kappa shape index (κ3) is 5.84. The van der Waals surface area contributed by atoms with E-state index in [-0.39, 0.29) is 21.4 Å². The van der Waals surface area contributed by atoms with Crippen LogP contribution in [-0.4, -0.2) is 42.7 Å². The highest BCUT2D eigenvalue weighted by atomic mass is 16.6. The highest BCUT2D eigenvalue weighted by Crippen LogP contribution is 2.57. The molecule has 43 heavy (non-hydrogen) atoms. The van der Waals surface area contributed by atoms with Crippen molar-refractivity contribution in [2.24, 2.45) is 11.3 Å². The maximum Gasteiger partial charge on any atom is 0.292 e. The van der Waals surface area contributed by atoms with Crippen LogP contribution in [0.15, 0.2) is 60.7 Å². The molecule has 3 aromatic rings. The molecule has 0 bridgehead atoms. The number of ether oxygens (including phenoxy) is 1. The molecule has 6 rings (SSSR count). The topological polar surface area (TPSA) is 67.6 Å². The van der Waals surface area contributed by atoms with Gasteiger partial charge in [-0.25, -0.2) is 0 Å². The lowest BCUT2D eigenvalue weighted by atomic mass is 9.49. The molecule has 1 aliphatic heterocycles. The molecular formula is C37H47N3O3. The van der Waals surface area contributed by atoms with Crippen LogP contribution in [-0.2, 0) is 23.1 Å². The zero-order valence-electron chi connectivity index (χ0n) is 26.3. The highest BCUT2D eigenvalue weighted by Gasteiger charge is 2.51. The fourth-order valence-corrected chi connectivity index (χ4v) is 8.45. The average Bonchev–Trinajstić information content (AvgIpc) is 3.00. The Labute approximate surface area is 257 Å². The monoisotopic (exact) mass is 581 g/mol. The van der Waals surface area contributed by atoms with Crippen LogP contribution in [0.5, 0.6) is 0 Å². The van der Waals surface area contributed by atoms with E-state index in [1.807, 2.05) is 18.2 Å². The van der Waals surface area contributed by atoms with E-state index in [9.17, 15) is 10.1 Å². The van der Waals surface area contributed by atoms with Gasteiger partial charge in [-0.2, -0.15) is 0 Å². The van der Waals surface area contributed by atoms with Gasteiger partial charge >= 0.3 is 0 Å². The van der Waals surface area contributed by atoms with Crippen molar-refractivity contribution in [3.63, 3.8) is 0 Å². The predicted molar refractivity (Wildman–Crippen MR) is 175 cm³/mol. The lowest BCUT2D eigenvalue weighted by Crippen LogP contribution is -2.51. The third-order valence-electron chi connectivity index (χ3n) is 10.9. The molecule has 0 amide bonds. The van der Waals surface area contributed by atoms with E-state index in [0.717, 1.165) is 63.4 Å². The van der Waals surface area contributed by atoms with Gasteiger partial charge in [0.25, 0.3) is 5.69 Å². The Morgan fingerprint density at radius 3 is 2.60 bits per heavy atom. The standard InChI is InChI=1S/C37H47N3O3/c1-26(2)27-10-13-32-29(22-27)12-15-35-36(3,16-7-17-37(32,35)4)25-38-33-14-11-28(23-34(33)40(41)42)31-9-6-5-8-30(31)24-39-18-20-43-21-19-39/h5-6,8-11,13-14,22-23,26,35,38H,7,12,15-21,24-25H2,1-4H3/t35-,36+,37+/m0/s1. The Morgan fingerprint density at radius 2 is 1.84 bits per heavy atom. The summed E-state index contributed by atoms with van der Waals surface area (Å²) in [6.45, 7) is 14.3. The molecular weight excluding hydrogens is 534 g/mol. The largest absolute Gasteiger partial charge is 0.379 e. The van der Waals surface area contributed by atoms with E-state index in [2.05, 4.69) is 74.3 Å². The van der Waals surface area contributed by atoms with Crippen LogP contribution in [0.3, 0.4) is 0 Å². The summed E-state index contributed by atoms with van der Waals surface area (Å²) in [6, 6.07) is 21.2. The second-order valence-electron chi connectivity index (χ2n) is 14.0. The van der Waals surface area contributed by atoms with Gasteiger partial charge in [0.1, 0.15) is 5.69 Å². The molecule has 0 aromatic heterocycles. The lowest BCUT2D eigenvalue weighted by Gasteiger charge is -2.55. The van der Waals surface area contributed by atoms with Gasteiger partial charge in [0.05, 0.1) is 18.1 Å². The number of morpholine rings is 1. The van der Waals surface area contributed by atoms with Gasteiger partial charge in [-0.1, -0.05) is 82.6 Å². The van der Waals surface area contributed by atoms with Gasteiger partial charge in [0.2, 0.25) is 0 Å². The molecule has 3 aromatic carbocycles. The molecule has 3 atom stereocenters. The van der Waals surface area contributed by atoms with Gasteiger partial charge in [-0.15, -0.1) is 0 Å². The number of aryl methyl sites for hydroxylation is 1. The molecule has 2 aliphatic carbocycles. The van der Waals surface area contributed by atoms with E-state index in [0.29, 0.717) is 17.5 Å². The van der Waals surface area contributed by atoms with Crippen molar-refractivity contribution in [2.75, 3.05) is 38.2 Å². The minimum atomic E-state index is -0.229. The molecule has 1 saturated carbocycles. The van der Waals surface area contributed by atoms with Gasteiger partial charge in [0.15, 0.2) is 0 Å². The van der Waals surface area contributed by atoms with E-state index < -0.39 is 0 Å². The second-order valence-corrected chi connectivity index (χ2v) is 14.0. The van der Waals surface area contributed by atoms with Crippen molar-refractivity contribution in [3.05, 3.63) is 93.0 Å². The zero-order valence-corrected chi connectivity index (χ0v) is 26.3. The Hall–Kier alpha value is -3.22. The summed E-state index contributed by atoms with van der Waals surface area (Å²) in [4.78, 5) is 14.5. The summed E-state index contributed by atoms with van der Waals surface area (Å²) in [5.41, 5.74) is 8.58. The average molecular weight is 582 g/mol. The number of nitrogens with zero attached hydrogens (tertiary/aromatic N) is 2. The van der Waals surface area contributed by atoms with Crippen LogP contribution in [0.1, 0.15) is 81.5 Å². The Bertz CT molecular complexity index is 1480. The smallest absolute Gasteiger partial charge is 0.292 e. The Kier molecular flexibility index (Phi) is 8.36. The number of nitrogens with one attached hydrogen (secondary N) is 1. The number of nitro groups is 1. The first-order valence-electron chi connectivity index (χ1n) is 16.2. The summed E-state index contributed by atoms with van der Waals surface area (Å²) >= 11 is 0. The van der Waals surface area contributed by atoms with Crippen molar-refractivity contribution in [1.29, 1.82) is 0 Å². The summed E-state index contributed by atoms with van der Waals surface area (Å²) < 4.78 is 5.52. The van der Waals surface area contributed by atoms with E-state index >= 15 is 0 Å². The number of rotatable bonds is 8. The molecule has 2 fully saturated rings. The predicted octanol–water partition coefficient (Wildman–Crippen LogP) is 8.34. The maximum atomic E-state index is 12.4. The van der Waals surface area contributed by atoms with E-state index in [1.54, 1.807) is 6.07 Å². The van der Waals surface area contributed by atoms with Crippen LogP contribution in [0, 0.1) is 21.4 Å². The Balaban J connectivity index is 1.23. The number of anilines is 1. The third-order valence-corrected chi connectivity index (χ3v) is 10.9. The fourth-order valence-electron chi connectivity index (χ4n) is 8.45. The minimum Gasteiger partial charge on any atom is -0.379 e.